The van der Waals surface area contributed by atoms with Crippen LogP contribution in [0.15, 0.2) is 69.9 Å². The van der Waals surface area contributed by atoms with Crippen LogP contribution in [0.3, 0.4) is 0 Å². The first kappa shape index (κ1) is 28.1. The molecule has 0 saturated carbocycles. The third-order valence-corrected chi connectivity index (χ3v) is 7.99. The van der Waals surface area contributed by atoms with Crippen LogP contribution in [0.5, 0.6) is 0 Å². The van der Waals surface area contributed by atoms with Crippen molar-refractivity contribution in [3.63, 3.8) is 0 Å². The number of carbonyl (C=O) groups is 1. The smallest absolute Gasteiger partial charge is 0.330 e. The van der Waals surface area contributed by atoms with Gasteiger partial charge < -0.3 is 10.6 Å². The summed E-state index contributed by atoms with van der Waals surface area (Å²) < 4.78 is 3.99. The zero-order chi connectivity index (χ0) is 27.4. The molecule has 0 spiro atoms. The van der Waals surface area contributed by atoms with Crippen molar-refractivity contribution in [3.8, 4) is 0 Å². The Kier molecular flexibility index (Phi) is 9.07. The van der Waals surface area contributed by atoms with E-state index in [1.807, 2.05) is 65.6 Å². The van der Waals surface area contributed by atoms with E-state index >= 15 is 0 Å². The third kappa shape index (κ3) is 5.72. The fourth-order valence-electron chi connectivity index (χ4n) is 4.78. The SMILES string of the molecule is CCC(C)C(c1cc2c(Cl)c(C)nn2c(=O)n1Cc1ccccc1)N(CCCN)C(=O)c1ccc(Br)cc1. The number of hydrogen-bond acceptors (Lipinski definition) is 4. The molecule has 2 heterocycles. The summed E-state index contributed by atoms with van der Waals surface area (Å²) in [5, 5.41) is 4.85. The average molecular weight is 599 g/mol. The fourth-order valence-corrected chi connectivity index (χ4v) is 5.21. The van der Waals surface area contributed by atoms with E-state index in [1.165, 1.54) is 4.52 Å². The number of amides is 1. The molecule has 0 fully saturated rings. The van der Waals surface area contributed by atoms with Crippen LogP contribution in [-0.2, 0) is 6.54 Å². The first-order chi connectivity index (χ1) is 18.3. The van der Waals surface area contributed by atoms with Gasteiger partial charge in [0.2, 0.25) is 0 Å². The average Bonchev–Trinajstić information content (AvgIpc) is 3.22. The number of nitrogens with zero attached hydrogens (tertiary/aromatic N) is 4. The molecule has 0 radical (unpaired) electrons. The zero-order valence-corrected chi connectivity index (χ0v) is 24.2. The van der Waals surface area contributed by atoms with E-state index < -0.39 is 6.04 Å². The van der Waals surface area contributed by atoms with Gasteiger partial charge in [-0.05, 0) is 61.7 Å². The Bertz CT molecular complexity index is 1470. The Morgan fingerprint density at radius 3 is 2.47 bits per heavy atom. The Labute approximate surface area is 236 Å². The Balaban J connectivity index is 1.96. The third-order valence-electron chi connectivity index (χ3n) is 6.99. The lowest BCUT2D eigenvalue weighted by Crippen LogP contribution is -2.43. The first-order valence-corrected chi connectivity index (χ1v) is 14.0. The largest absolute Gasteiger partial charge is 0.349 e. The van der Waals surface area contributed by atoms with E-state index in [-0.39, 0.29) is 17.5 Å². The molecule has 200 valence electrons. The number of hydrogen-bond donors (Lipinski definition) is 1. The van der Waals surface area contributed by atoms with E-state index in [2.05, 4.69) is 34.9 Å². The molecule has 0 aliphatic carbocycles. The Morgan fingerprint density at radius 2 is 1.84 bits per heavy atom. The molecule has 2 aromatic carbocycles. The van der Waals surface area contributed by atoms with Crippen molar-refractivity contribution in [2.45, 2.75) is 46.2 Å². The summed E-state index contributed by atoms with van der Waals surface area (Å²) in [7, 11) is 0. The lowest BCUT2D eigenvalue weighted by atomic mass is 9.92. The highest BCUT2D eigenvalue weighted by Gasteiger charge is 2.33. The van der Waals surface area contributed by atoms with Gasteiger partial charge in [-0.25, -0.2) is 4.79 Å². The molecule has 2 N–H and O–H groups in total. The number of benzene rings is 2. The van der Waals surface area contributed by atoms with Crippen LogP contribution in [-0.4, -0.2) is 38.1 Å². The summed E-state index contributed by atoms with van der Waals surface area (Å²) in [6.07, 6.45) is 1.43. The van der Waals surface area contributed by atoms with Crippen molar-refractivity contribution >= 4 is 39.0 Å². The second-order valence-electron chi connectivity index (χ2n) is 9.60. The van der Waals surface area contributed by atoms with E-state index in [1.54, 1.807) is 11.5 Å². The van der Waals surface area contributed by atoms with Gasteiger partial charge in [0.05, 0.1) is 28.8 Å². The van der Waals surface area contributed by atoms with Crippen LogP contribution in [0.25, 0.3) is 5.52 Å². The highest BCUT2D eigenvalue weighted by atomic mass is 79.9. The van der Waals surface area contributed by atoms with E-state index in [9.17, 15) is 9.59 Å². The number of nitrogens with two attached hydrogens (primary N) is 1. The van der Waals surface area contributed by atoms with Crippen LogP contribution in [0.4, 0.5) is 0 Å². The monoisotopic (exact) mass is 597 g/mol. The van der Waals surface area contributed by atoms with Crippen LogP contribution in [0, 0.1) is 12.8 Å². The molecule has 4 rings (SSSR count). The van der Waals surface area contributed by atoms with Gasteiger partial charge in [-0.3, -0.25) is 9.36 Å². The molecule has 4 aromatic rings. The highest BCUT2D eigenvalue weighted by molar-refractivity contribution is 9.10. The molecular formula is C29H33BrClN5O2. The van der Waals surface area contributed by atoms with Gasteiger partial charge in [-0.2, -0.15) is 9.61 Å². The van der Waals surface area contributed by atoms with Crippen LogP contribution >= 0.6 is 27.5 Å². The predicted molar refractivity (Wildman–Crippen MR) is 156 cm³/mol. The number of halogens is 2. The molecule has 2 atom stereocenters. The minimum atomic E-state index is -0.393. The first-order valence-electron chi connectivity index (χ1n) is 12.9. The molecule has 0 saturated heterocycles. The Morgan fingerprint density at radius 1 is 1.16 bits per heavy atom. The van der Waals surface area contributed by atoms with Crippen LogP contribution < -0.4 is 11.4 Å². The standard InChI is InChI=1S/C29H33BrClN5O2/c1-4-19(2)27(34(16-8-15-32)28(37)22-11-13-23(30)14-12-22)25-17-24-26(31)20(3)33-36(24)29(38)35(25)18-21-9-6-5-7-10-21/h5-7,9-14,17,19,27H,4,8,15-16,18,32H2,1-3H3. The van der Waals surface area contributed by atoms with Gasteiger partial charge in [-0.15, -0.1) is 0 Å². The maximum absolute atomic E-state index is 14.0. The summed E-state index contributed by atoms with van der Waals surface area (Å²) in [5.74, 6) is -0.0653. The maximum atomic E-state index is 14.0. The van der Waals surface area contributed by atoms with Gasteiger partial charge in [0.15, 0.2) is 0 Å². The van der Waals surface area contributed by atoms with Crippen molar-refractivity contribution in [2.24, 2.45) is 11.7 Å². The quantitative estimate of drug-likeness (QED) is 0.248. The lowest BCUT2D eigenvalue weighted by molar-refractivity contribution is 0.0594. The summed E-state index contributed by atoms with van der Waals surface area (Å²) in [6, 6.07) is 18.7. The minimum Gasteiger partial charge on any atom is -0.330 e. The molecule has 38 heavy (non-hydrogen) atoms. The van der Waals surface area contributed by atoms with Gasteiger partial charge in [-0.1, -0.05) is 78.1 Å². The Hall–Kier alpha value is -2.94. The van der Waals surface area contributed by atoms with Gasteiger partial charge in [0.1, 0.15) is 0 Å². The minimum absolute atomic E-state index is 0.0406. The summed E-state index contributed by atoms with van der Waals surface area (Å²) in [4.78, 5) is 29.8. The number of carbonyl (C=O) groups excluding carboxylic acids is 1. The summed E-state index contributed by atoms with van der Waals surface area (Å²) in [5.41, 5.74) is 9.01. The number of fused-ring (bicyclic) bond motifs is 1. The molecule has 0 aliphatic heterocycles. The number of rotatable bonds is 10. The maximum Gasteiger partial charge on any atom is 0.349 e. The topological polar surface area (TPSA) is 85.6 Å². The molecule has 2 aromatic heterocycles. The van der Waals surface area contributed by atoms with Crippen LogP contribution in [0.1, 0.15) is 60.0 Å². The van der Waals surface area contributed by atoms with Crippen LogP contribution in [0.2, 0.25) is 5.02 Å². The van der Waals surface area contributed by atoms with Gasteiger partial charge in [0, 0.05) is 22.3 Å². The van der Waals surface area contributed by atoms with Crippen molar-refractivity contribution in [1.29, 1.82) is 0 Å². The second kappa shape index (κ2) is 12.3. The van der Waals surface area contributed by atoms with Crippen molar-refractivity contribution in [3.05, 3.63) is 103 Å². The molecule has 0 aliphatic rings. The summed E-state index contributed by atoms with van der Waals surface area (Å²) in [6.45, 7) is 7.23. The summed E-state index contributed by atoms with van der Waals surface area (Å²) >= 11 is 10.1. The highest BCUT2D eigenvalue weighted by Crippen LogP contribution is 2.34. The second-order valence-corrected chi connectivity index (χ2v) is 10.9. The lowest BCUT2D eigenvalue weighted by Gasteiger charge is -2.37. The molecule has 2 unspecified atom stereocenters. The van der Waals surface area contributed by atoms with E-state index in [4.69, 9.17) is 17.3 Å². The molecule has 0 bridgehead atoms. The van der Waals surface area contributed by atoms with E-state index in [0.717, 1.165) is 22.2 Å². The van der Waals surface area contributed by atoms with Gasteiger partial charge >= 0.3 is 5.69 Å². The predicted octanol–water partition coefficient (Wildman–Crippen LogP) is 5.85. The normalized spacial score (nSPS) is 13.0. The van der Waals surface area contributed by atoms with E-state index in [0.29, 0.717) is 47.9 Å². The molecule has 7 nitrogen and oxygen atoms in total. The zero-order valence-electron chi connectivity index (χ0n) is 21.9. The number of aryl methyl sites for hydroxylation is 1. The molecule has 1 amide bonds. The van der Waals surface area contributed by atoms with Crippen molar-refractivity contribution in [1.82, 2.24) is 19.1 Å². The molecular weight excluding hydrogens is 566 g/mol. The van der Waals surface area contributed by atoms with Gasteiger partial charge in [0.25, 0.3) is 5.91 Å². The van der Waals surface area contributed by atoms with Crippen molar-refractivity contribution in [2.75, 3.05) is 13.1 Å². The molecule has 9 heteroatoms. The number of aromatic nitrogens is 3. The fraction of sp³-hybridized carbons (Fsp3) is 0.345. The van der Waals surface area contributed by atoms with Crippen molar-refractivity contribution < 1.29 is 4.79 Å².